The number of hydrogen-bond donors (Lipinski definition) is 3. The topological polar surface area (TPSA) is 103 Å². The summed E-state index contributed by atoms with van der Waals surface area (Å²) in [5.74, 6) is -0.677. The number of anilines is 1. The predicted molar refractivity (Wildman–Crippen MR) is 108 cm³/mol. The molecular weight excluding hydrogens is 389 g/mol. The number of aromatic nitrogens is 2. The van der Waals surface area contributed by atoms with Crippen LogP contribution in [0.25, 0.3) is 11.3 Å². The highest BCUT2D eigenvalue weighted by atomic mass is 19.1. The van der Waals surface area contributed by atoms with Crippen LogP contribution < -0.4 is 16.4 Å². The third kappa shape index (κ3) is 3.27. The zero-order valence-corrected chi connectivity index (χ0v) is 17.1. The number of amides is 1. The second kappa shape index (κ2) is 7.04. The van der Waals surface area contributed by atoms with Gasteiger partial charge in [-0.3, -0.25) is 4.79 Å². The molecule has 3 aliphatic heterocycles. The highest BCUT2D eigenvalue weighted by Crippen LogP contribution is 2.35. The van der Waals surface area contributed by atoms with E-state index in [0.717, 1.165) is 11.3 Å². The first kappa shape index (κ1) is 19.5. The maximum atomic E-state index is 15.2. The number of carbonyl (C=O) groups is 1. The molecule has 2 aromatic heterocycles. The van der Waals surface area contributed by atoms with Gasteiger partial charge < -0.3 is 30.4 Å². The summed E-state index contributed by atoms with van der Waals surface area (Å²) in [6.07, 6.45) is 2.63. The number of carbonyl (C=O) groups excluding carboxylic acids is 1. The number of rotatable bonds is 3. The van der Waals surface area contributed by atoms with Crippen molar-refractivity contribution in [3.63, 3.8) is 0 Å². The Bertz CT molecular complexity index is 1020. The van der Waals surface area contributed by atoms with Crippen LogP contribution >= 0.6 is 0 Å². The molecule has 160 valence electrons. The summed E-state index contributed by atoms with van der Waals surface area (Å²) < 4.78 is 28.6. The fourth-order valence-electron chi connectivity index (χ4n) is 4.38. The lowest BCUT2D eigenvalue weighted by Gasteiger charge is -2.31. The number of halogens is 1. The van der Waals surface area contributed by atoms with Gasteiger partial charge in [0.05, 0.1) is 36.6 Å². The van der Waals surface area contributed by atoms with Gasteiger partial charge in [0.2, 0.25) is 0 Å². The van der Waals surface area contributed by atoms with Crippen LogP contribution in [-0.4, -0.2) is 46.4 Å². The summed E-state index contributed by atoms with van der Waals surface area (Å²) in [5, 5.41) is 5.89. The van der Waals surface area contributed by atoms with Crippen LogP contribution in [0.15, 0.2) is 12.3 Å². The number of nitrogens with zero attached hydrogens (tertiary/aromatic N) is 2. The summed E-state index contributed by atoms with van der Waals surface area (Å²) in [7, 11) is 0. The number of ether oxygens (including phenoxy) is 2. The molecule has 4 N–H and O–H groups in total. The van der Waals surface area contributed by atoms with Crippen molar-refractivity contribution in [3.8, 4) is 11.3 Å². The van der Waals surface area contributed by atoms with E-state index in [4.69, 9.17) is 15.2 Å². The minimum absolute atomic E-state index is 0.128. The quantitative estimate of drug-likeness (QED) is 0.706. The molecule has 1 saturated heterocycles. The molecule has 0 saturated carbocycles. The fourth-order valence-corrected chi connectivity index (χ4v) is 4.38. The van der Waals surface area contributed by atoms with E-state index in [9.17, 15) is 4.79 Å². The van der Waals surface area contributed by atoms with Crippen LogP contribution in [0.5, 0.6) is 0 Å². The van der Waals surface area contributed by atoms with E-state index in [0.29, 0.717) is 49.6 Å². The Hall–Kier alpha value is -2.49. The van der Waals surface area contributed by atoms with Gasteiger partial charge in [0.15, 0.2) is 11.6 Å². The smallest absolute Gasteiger partial charge is 0.254 e. The lowest BCUT2D eigenvalue weighted by molar-refractivity contribution is -0.0625. The fraction of sp³-hybridized carbons (Fsp3) is 0.524. The van der Waals surface area contributed by atoms with Gasteiger partial charge in [-0.15, -0.1) is 0 Å². The van der Waals surface area contributed by atoms with Gasteiger partial charge in [-0.1, -0.05) is 0 Å². The Balaban J connectivity index is 1.57. The van der Waals surface area contributed by atoms with Crippen molar-refractivity contribution in [1.29, 1.82) is 0 Å². The molecule has 1 fully saturated rings. The Morgan fingerprint density at radius 2 is 2.27 bits per heavy atom. The Labute approximate surface area is 173 Å². The van der Waals surface area contributed by atoms with E-state index < -0.39 is 5.82 Å². The highest BCUT2D eigenvalue weighted by molar-refractivity contribution is 6.04. The average Bonchev–Trinajstić information content (AvgIpc) is 3.28. The Morgan fingerprint density at radius 1 is 1.43 bits per heavy atom. The van der Waals surface area contributed by atoms with Crippen LogP contribution in [0.2, 0.25) is 0 Å². The Morgan fingerprint density at radius 3 is 3.07 bits per heavy atom. The molecule has 0 spiro atoms. The van der Waals surface area contributed by atoms with E-state index in [-0.39, 0.29) is 36.0 Å². The minimum atomic E-state index is -0.501. The summed E-state index contributed by atoms with van der Waals surface area (Å²) in [6, 6.07) is 1.57. The van der Waals surface area contributed by atoms with Crippen molar-refractivity contribution in [2.45, 2.75) is 57.6 Å². The molecule has 2 atom stereocenters. The molecule has 5 rings (SSSR count). The lowest BCUT2D eigenvalue weighted by atomic mass is 10.0. The SMILES string of the molecule is CC1(C)Cn2cc(-c3nc(N[C@@H]4CCOC[C@@H]4N)c(F)c4c3C(=O)NC4)cc2CO1. The summed E-state index contributed by atoms with van der Waals surface area (Å²) in [5.41, 5.74) is 8.76. The van der Waals surface area contributed by atoms with Gasteiger partial charge in [-0.2, -0.15) is 0 Å². The molecule has 2 aromatic rings. The Kier molecular flexibility index (Phi) is 4.57. The van der Waals surface area contributed by atoms with Gasteiger partial charge in [0, 0.05) is 48.3 Å². The first-order valence-corrected chi connectivity index (χ1v) is 10.3. The molecule has 9 heteroatoms. The molecule has 8 nitrogen and oxygen atoms in total. The average molecular weight is 415 g/mol. The molecule has 0 aliphatic carbocycles. The third-order valence-electron chi connectivity index (χ3n) is 6.03. The number of pyridine rings is 1. The van der Waals surface area contributed by atoms with Crippen molar-refractivity contribution in [1.82, 2.24) is 14.9 Å². The van der Waals surface area contributed by atoms with E-state index in [2.05, 4.69) is 20.2 Å². The summed E-state index contributed by atoms with van der Waals surface area (Å²) in [6.45, 7) is 6.37. The van der Waals surface area contributed by atoms with Crippen molar-refractivity contribution in [3.05, 3.63) is 34.9 Å². The van der Waals surface area contributed by atoms with Gasteiger partial charge in [0.25, 0.3) is 5.91 Å². The van der Waals surface area contributed by atoms with E-state index >= 15 is 4.39 Å². The molecular formula is C21H26FN5O3. The molecule has 5 heterocycles. The van der Waals surface area contributed by atoms with Gasteiger partial charge >= 0.3 is 0 Å². The molecule has 0 aromatic carbocycles. The maximum Gasteiger partial charge on any atom is 0.254 e. The second-order valence-electron chi connectivity index (χ2n) is 8.83. The van der Waals surface area contributed by atoms with E-state index in [1.807, 2.05) is 26.1 Å². The summed E-state index contributed by atoms with van der Waals surface area (Å²) in [4.78, 5) is 17.1. The third-order valence-corrected chi connectivity index (χ3v) is 6.03. The number of fused-ring (bicyclic) bond motifs is 2. The number of nitrogens with one attached hydrogen (secondary N) is 2. The van der Waals surface area contributed by atoms with Crippen molar-refractivity contribution in [2.24, 2.45) is 5.73 Å². The molecule has 1 amide bonds. The first-order valence-electron chi connectivity index (χ1n) is 10.3. The largest absolute Gasteiger partial charge is 0.380 e. The molecule has 3 aliphatic rings. The van der Waals surface area contributed by atoms with Crippen LogP contribution in [0.3, 0.4) is 0 Å². The molecule has 0 unspecified atom stereocenters. The normalized spacial score (nSPS) is 24.9. The van der Waals surface area contributed by atoms with Crippen LogP contribution in [-0.2, 0) is 29.2 Å². The summed E-state index contributed by atoms with van der Waals surface area (Å²) >= 11 is 0. The zero-order chi connectivity index (χ0) is 21.0. The second-order valence-corrected chi connectivity index (χ2v) is 8.83. The van der Waals surface area contributed by atoms with Crippen LogP contribution in [0.1, 0.15) is 41.9 Å². The lowest BCUT2D eigenvalue weighted by Crippen LogP contribution is -2.48. The highest BCUT2D eigenvalue weighted by Gasteiger charge is 2.33. The molecule has 0 bridgehead atoms. The van der Waals surface area contributed by atoms with Crippen molar-refractivity contribution < 1.29 is 18.7 Å². The number of nitrogens with two attached hydrogens (primary N) is 1. The number of hydrogen-bond acceptors (Lipinski definition) is 6. The standard InChI is InChI=1S/C21H26FN5O3/c1-21(2)10-27-7-11(5-12(27)8-30-21)18-16-13(6-24-20(16)28)17(22)19(26-18)25-15-3-4-29-9-14(15)23/h5,7,14-15H,3-4,6,8-10,23H2,1-2H3,(H,24,28)(H,25,26)/t14-,15+/m0/s1. The van der Waals surface area contributed by atoms with Gasteiger partial charge in [-0.25, -0.2) is 9.37 Å². The van der Waals surface area contributed by atoms with E-state index in [1.54, 1.807) is 0 Å². The van der Waals surface area contributed by atoms with Gasteiger partial charge in [0.1, 0.15) is 0 Å². The maximum absolute atomic E-state index is 15.2. The van der Waals surface area contributed by atoms with Crippen LogP contribution in [0.4, 0.5) is 10.2 Å². The van der Waals surface area contributed by atoms with Gasteiger partial charge in [-0.05, 0) is 26.3 Å². The monoisotopic (exact) mass is 415 g/mol. The van der Waals surface area contributed by atoms with Crippen molar-refractivity contribution in [2.75, 3.05) is 18.5 Å². The molecule has 30 heavy (non-hydrogen) atoms. The van der Waals surface area contributed by atoms with Crippen LogP contribution in [0, 0.1) is 5.82 Å². The first-order chi connectivity index (χ1) is 14.3. The van der Waals surface area contributed by atoms with Crippen molar-refractivity contribution >= 4 is 11.7 Å². The predicted octanol–water partition coefficient (Wildman–Crippen LogP) is 1.77. The minimum Gasteiger partial charge on any atom is -0.380 e. The molecule has 0 radical (unpaired) electrons. The zero-order valence-electron chi connectivity index (χ0n) is 17.1. The van der Waals surface area contributed by atoms with E-state index in [1.165, 1.54) is 0 Å².